The van der Waals surface area contributed by atoms with Crippen molar-refractivity contribution < 1.29 is 0 Å². The number of hydrogen-bond donors (Lipinski definition) is 2. The fourth-order valence-corrected chi connectivity index (χ4v) is 1.97. The second-order valence-corrected chi connectivity index (χ2v) is 4.14. The summed E-state index contributed by atoms with van der Waals surface area (Å²) in [4.78, 5) is 4.15. The lowest BCUT2D eigenvalue weighted by Gasteiger charge is -2.15. The predicted molar refractivity (Wildman–Crippen MR) is 90.8 cm³/mol. The van der Waals surface area contributed by atoms with Crippen LogP contribution in [0.25, 0.3) is 0 Å². The zero-order valence-corrected chi connectivity index (χ0v) is 12.9. The minimum absolute atomic E-state index is 0. The topological polar surface area (TPSA) is 64.4 Å². The van der Waals surface area contributed by atoms with Gasteiger partial charge in [-0.3, -0.25) is 4.99 Å². The Balaban J connectivity index is 0.00000180. The molecular weight excluding hydrogens is 349 g/mol. The maximum absolute atomic E-state index is 5.42. The van der Waals surface area contributed by atoms with Crippen LogP contribution in [0.1, 0.15) is 17.0 Å². The Bertz CT molecular complexity index is 468. The minimum Gasteiger partial charge on any atom is -0.370 e. The Morgan fingerprint density at radius 2 is 1.26 bits per heavy atom. The van der Waals surface area contributed by atoms with Crippen molar-refractivity contribution in [3.05, 3.63) is 71.8 Å². The van der Waals surface area contributed by atoms with Crippen LogP contribution in [0.5, 0.6) is 0 Å². The first kappa shape index (κ1) is 15.5. The molecule has 0 saturated carbocycles. The van der Waals surface area contributed by atoms with Gasteiger partial charge in [0.1, 0.15) is 0 Å². The van der Waals surface area contributed by atoms with Gasteiger partial charge in [-0.1, -0.05) is 60.7 Å². The van der Waals surface area contributed by atoms with E-state index in [4.69, 9.17) is 11.5 Å². The van der Waals surface area contributed by atoms with Crippen molar-refractivity contribution in [1.82, 2.24) is 0 Å². The number of guanidine groups is 1. The lowest BCUT2D eigenvalue weighted by molar-refractivity contribution is 0.818. The summed E-state index contributed by atoms with van der Waals surface area (Å²) >= 11 is 0. The summed E-state index contributed by atoms with van der Waals surface area (Å²) in [5, 5.41) is 0. The van der Waals surface area contributed by atoms with Gasteiger partial charge in [-0.25, -0.2) is 0 Å². The first-order valence-corrected chi connectivity index (χ1v) is 5.92. The number of aliphatic imine (C=N–C) groups is 1. The highest BCUT2D eigenvalue weighted by Gasteiger charge is 2.12. The molecule has 0 unspecified atom stereocenters. The average Bonchev–Trinajstić information content (AvgIpc) is 2.41. The standard InChI is InChI=1S/C15H17N3.HI/c16-15(17)18-11-14(12-7-3-1-4-8-12)13-9-5-2-6-10-13;/h1-10,14H,11H2,(H4,16,17,18);1H. The molecule has 0 fully saturated rings. The van der Waals surface area contributed by atoms with E-state index in [1.54, 1.807) is 0 Å². The van der Waals surface area contributed by atoms with E-state index < -0.39 is 0 Å². The Kier molecular flexibility index (Phi) is 6.35. The van der Waals surface area contributed by atoms with E-state index in [0.717, 1.165) is 0 Å². The van der Waals surface area contributed by atoms with Gasteiger partial charge in [0.05, 0.1) is 6.54 Å². The molecular formula is C15H18IN3. The zero-order valence-electron chi connectivity index (χ0n) is 10.6. The van der Waals surface area contributed by atoms with Crippen molar-refractivity contribution in [1.29, 1.82) is 0 Å². The fraction of sp³-hybridized carbons (Fsp3) is 0.133. The molecule has 0 atom stereocenters. The Morgan fingerprint density at radius 1 is 0.842 bits per heavy atom. The average molecular weight is 367 g/mol. The van der Waals surface area contributed by atoms with E-state index in [1.165, 1.54) is 11.1 Å². The highest BCUT2D eigenvalue weighted by molar-refractivity contribution is 14.0. The van der Waals surface area contributed by atoms with Crippen LogP contribution >= 0.6 is 24.0 Å². The molecule has 2 aromatic rings. The second-order valence-electron chi connectivity index (χ2n) is 4.14. The maximum Gasteiger partial charge on any atom is 0.185 e. The molecule has 0 aromatic heterocycles. The van der Waals surface area contributed by atoms with Gasteiger partial charge in [0.2, 0.25) is 0 Å². The van der Waals surface area contributed by atoms with Crippen LogP contribution in [0.15, 0.2) is 65.7 Å². The third-order valence-corrected chi connectivity index (χ3v) is 2.86. The fourth-order valence-electron chi connectivity index (χ4n) is 1.97. The second kappa shape index (κ2) is 7.78. The quantitative estimate of drug-likeness (QED) is 0.496. The normalized spacial score (nSPS) is 9.74. The molecule has 0 saturated heterocycles. The van der Waals surface area contributed by atoms with E-state index in [2.05, 4.69) is 29.3 Å². The van der Waals surface area contributed by atoms with Gasteiger partial charge in [-0.05, 0) is 11.1 Å². The number of hydrogen-bond acceptors (Lipinski definition) is 1. The number of rotatable bonds is 4. The van der Waals surface area contributed by atoms with Gasteiger partial charge < -0.3 is 11.5 Å². The van der Waals surface area contributed by atoms with Gasteiger partial charge >= 0.3 is 0 Å². The number of nitrogens with zero attached hydrogens (tertiary/aromatic N) is 1. The largest absolute Gasteiger partial charge is 0.370 e. The smallest absolute Gasteiger partial charge is 0.185 e. The molecule has 0 heterocycles. The van der Waals surface area contributed by atoms with Crippen molar-refractivity contribution in [2.24, 2.45) is 16.5 Å². The first-order chi connectivity index (χ1) is 8.77. The number of halogens is 1. The summed E-state index contributed by atoms with van der Waals surface area (Å²) in [5.41, 5.74) is 13.3. The van der Waals surface area contributed by atoms with Gasteiger partial charge in [-0.2, -0.15) is 0 Å². The Labute approximate surface area is 130 Å². The van der Waals surface area contributed by atoms with Gasteiger partial charge in [0.15, 0.2) is 5.96 Å². The lowest BCUT2D eigenvalue weighted by Crippen LogP contribution is -2.24. The van der Waals surface area contributed by atoms with Crippen molar-refractivity contribution >= 4 is 29.9 Å². The molecule has 0 aliphatic carbocycles. The van der Waals surface area contributed by atoms with Gasteiger partial charge in [0.25, 0.3) is 0 Å². The molecule has 4 N–H and O–H groups in total. The Morgan fingerprint density at radius 3 is 1.63 bits per heavy atom. The highest BCUT2D eigenvalue weighted by atomic mass is 127. The van der Waals surface area contributed by atoms with Crippen LogP contribution in [-0.4, -0.2) is 12.5 Å². The molecule has 0 radical (unpaired) electrons. The van der Waals surface area contributed by atoms with Crippen LogP contribution in [0.3, 0.4) is 0 Å². The third-order valence-electron chi connectivity index (χ3n) is 2.86. The SMILES string of the molecule is I.NC(N)=NCC(c1ccccc1)c1ccccc1. The van der Waals surface area contributed by atoms with Crippen LogP contribution in [0.2, 0.25) is 0 Å². The zero-order chi connectivity index (χ0) is 12.8. The van der Waals surface area contributed by atoms with E-state index >= 15 is 0 Å². The van der Waals surface area contributed by atoms with Crippen LogP contribution in [0, 0.1) is 0 Å². The Hall–Kier alpha value is -1.56. The predicted octanol–water partition coefficient (Wildman–Crippen LogP) is 2.71. The van der Waals surface area contributed by atoms with Crippen molar-refractivity contribution in [3.63, 3.8) is 0 Å². The highest BCUT2D eigenvalue weighted by Crippen LogP contribution is 2.24. The molecule has 0 spiro atoms. The summed E-state index contributed by atoms with van der Waals surface area (Å²) in [6.07, 6.45) is 0. The minimum atomic E-state index is 0. The molecule has 0 aliphatic heterocycles. The summed E-state index contributed by atoms with van der Waals surface area (Å²) < 4.78 is 0. The molecule has 100 valence electrons. The van der Waals surface area contributed by atoms with Crippen LogP contribution in [0.4, 0.5) is 0 Å². The van der Waals surface area contributed by atoms with E-state index in [9.17, 15) is 0 Å². The summed E-state index contributed by atoms with van der Waals surface area (Å²) in [6, 6.07) is 20.5. The van der Waals surface area contributed by atoms with Gasteiger partial charge in [0, 0.05) is 5.92 Å². The lowest BCUT2D eigenvalue weighted by atomic mass is 9.91. The molecule has 19 heavy (non-hydrogen) atoms. The van der Waals surface area contributed by atoms with Gasteiger partial charge in [-0.15, -0.1) is 24.0 Å². The van der Waals surface area contributed by atoms with Crippen molar-refractivity contribution in [2.75, 3.05) is 6.54 Å². The number of nitrogens with two attached hydrogens (primary N) is 2. The van der Waals surface area contributed by atoms with Crippen molar-refractivity contribution in [2.45, 2.75) is 5.92 Å². The monoisotopic (exact) mass is 367 g/mol. The summed E-state index contributed by atoms with van der Waals surface area (Å²) in [7, 11) is 0. The molecule has 0 aliphatic rings. The molecule has 0 amide bonds. The molecule has 2 aromatic carbocycles. The molecule has 3 nitrogen and oxygen atoms in total. The third kappa shape index (κ3) is 4.55. The summed E-state index contributed by atoms with van der Waals surface area (Å²) in [6.45, 7) is 0.566. The molecule has 2 rings (SSSR count). The van der Waals surface area contributed by atoms with E-state index in [-0.39, 0.29) is 35.9 Å². The van der Waals surface area contributed by atoms with Crippen LogP contribution in [-0.2, 0) is 0 Å². The van der Waals surface area contributed by atoms with Crippen LogP contribution < -0.4 is 11.5 Å². The molecule has 0 bridgehead atoms. The van der Waals surface area contributed by atoms with E-state index in [1.807, 2.05) is 36.4 Å². The first-order valence-electron chi connectivity index (χ1n) is 5.92. The maximum atomic E-state index is 5.42. The molecule has 4 heteroatoms. The van der Waals surface area contributed by atoms with E-state index in [0.29, 0.717) is 6.54 Å². The summed E-state index contributed by atoms with van der Waals surface area (Å²) in [5.74, 6) is 0.321. The van der Waals surface area contributed by atoms with Crippen molar-refractivity contribution in [3.8, 4) is 0 Å². The number of benzene rings is 2.